The van der Waals surface area contributed by atoms with Gasteiger partial charge in [-0.1, -0.05) is 0 Å². The van der Waals surface area contributed by atoms with E-state index in [9.17, 15) is 35.1 Å². The van der Waals surface area contributed by atoms with Crippen molar-refractivity contribution in [3.05, 3.63) is 29.3 Å². The lowest BCUT2D eigenvalue weighted by molar-refractivity contribution is -0.143. The monoisotopic (exact) mass is 293 g/mol. The largest absolute Gasteiger partial charge is 0.740 e. The molecule has 0 saturated carbocycles. The zero-order valence-corrected chi connectivity index (χ0v) is 8.95. The highest BCUT2D eigenvalue weighted by Gasteiger charge is 2.37. The third-order valence-electron chi connectivity index (χ3n) is 1.73. The molecule has 0 heterocycles. The van der Waals surface area contributed by atoms with Crippen molar-refractivity contribution in [1.82, 2.24) is 0 Å². The van der Waals surface area contributed by atoms with Crippen molar-refractivity contribution < 1.29 is 39.3 Å². The molecule has 0 bridgehead atoms. The average molecular weight is 293 g/mol. The molecular formula is C8H3F6O3S-. The zero-order chi connectivity index (χ0) is 14.1. The quantitative estimate of drug-likeness (QED) is 0.622. The number of hydrogen-bond donors (Lipinski definition) is 0. The molecule has 0 radical (unpaired) electrons. The van der Waals surface area contributed by atoms with E-state index in [1.54, 1.807) is 0 Å². The second-order valence-corrected chi connectivity index (χ2v) is 3.60. The Labute approximate surface area is 98.9 Å². The second-order valence-electron chi connectivity index (χ2n) is 3.03. The van der Waals surface area contributed by atoms with Crippen LogP contribution in [0, 0.1) is 0 Å². The van der Waals surface area contributed by atoms with Crippen molar-refractivity contribution in [2.45, 2.75) is 12.4 Å². The summed E-state index contributed by atoms with van der Waals surface area (Å²) in [5, 5.41) is 0. The maximum atomic E-state index is 12.3. The van der Waals surface area contributed by atoms with Crippen LogP contribution in [0.3, 0.4) is 0 Å². The molecule has 1 rings (SSSR count). The number of benzene rings is 1. The fraction of sp³-hybridized carbons (Fsp3) is 0.250. The van der Waals surface area contributed by atoms with Crippen LogP contribution in [0.5, 0.6) is 5.75 Å². The summed E-state index contributed by atoms with van der Waals surface area (Å²) in [4.78, 5) is 0. The van der Waals surface area contributed by atoms with Crippen LogP contribution < -0.4 is 4.18 Å². The van der Waals surface area contributed by atoms with Gasteiger partial charge in [-0.25, -0.2) is 4.21 Å². The average Bonchev–Trinajstić information content (AvgIpc) is 2.13. The van der Waals surface area contributed by atoms with E-state index in [4.69, 9.17) is 0 Å². The fourth-order valence-corrected chi connectivity index (χ4v) is 1.31. The van der Waals surface area contributed by atoms with Gasteiger partial charge in [0.05, 0.1) is 11.1 Å². The van der Waals surface area contributed by atoms with Gasteiger partial charge in [-0.05, 0) is 18.2 Å². The number of hydrogen-bond acceptors (Lipinski definition) is 3. The summed E-state index contributed by atoms with van der Waals surface area (Å²) in [6, 6.07) is 0.177. The van der Waals surface area contributed by atoms with E-state index in [2.05, 4.69) is 4.18 Å². The number of alkyl halides is 6. The summed E-state index contributed by atoms with van der Waals surface area (Å²) in [5.74, 6) is -1.06. The molecule has 1 aromatic carbocycles. The molecule has 0 aromatic heterocycles. The van der Waals surface area contributed by atoms with Crippen LogP contribution in [0.1, 0.15) is 11.1 Å². The van der Waals surface area contributed by atoms with Gasteiger partial charge in [-0.2, -0.15) is 26.3 Å². The fourth-order valence-electron chi connectivity index (χ4n) is 1.05. The van der Waals surface area contributed by atoms with Crippen molar-refractivity contribution in [3.8, 4) is 5.75 Å². The molecule has 18 heavy (non-hydrogen) atoms. The Hall–Kier alpha value is -1.29. The summed E-state index contributed by atoms with van der Waals surface area (Å²) in [6.45, 7) is 0. The van der Waals surface area contributed by atoms with Gasteiger partial charge in [0.2, 0.25) is 0 Å². The molecule has 0 saturated heterocycles. The van der Waals surface area contributed by atoms with Crippen LogP contribution in [0.15, 0.2) is 18.2 Å². The van der Waals surface area contributed by atoms with Crippen molar-refractivity contribution in [1.29, 1.82) is 0 Å². The smallest absolute Gasteiger partial charge is 0.416 e. The minimum atomic E-state index is -5.05. The van der Waals surface area contributed by atoms with Crippen LogP contribution in [0.25, 0.3) is 0 Å². The van der Waals surface area contributed by atoms with E-state index < -0.39 is 40.6 Å². The van der Waals surface area contributed by atoms with Crippen molar-refractivity contribution >= 4 is 11.4 Å². The number of halogens is 6. The highest BCUT2D eigenvalue weighted by atomic mass is 32.2. The van der Waals surface area contributed by atoms with Gasteiger partial charge in [-0.15, -0.1) is 0 Å². The number of rotatable bonds is 2. The molecule has 0 N–H and O–H groups in total. The Morgan fingerprint density at radius 2 is 1.33 bits per heavy atom. The Kier molecular flexibility index (Phi) is 3.91. The van der Waals surface area contributed by atoms with E-state index in [1.165, 1.54) is 0 Å². The van der Waals surface area contributed by atoms with Gasteiger partial charge in [0, 0.05) is 0 Å². The Balaban J connectivity index is 3.34. The van der Waals surface area contributed by atoms with Crippen molar-refractivity contribution in [3.63, 3.8) is 0 Å². The van der Waals surface area contributed by atoms with Crippen LogP contribution in [-0.2, 0) is 23.7 Å². The van der Waals surface area contributed by atoms with Gasteiger partial charge in [0.15, 0.2) is 0 Å². The molecule has 0 aliphatic rings. The van der Waals surface area contributed by atoms with Crippen LogP contribution in [0.4, 0.5) is 26.3 Å². The SMILES string of the molecule is O=S([O-])Oc1cc(C(F)(F)F)cc(C(F)(F)F)c1. The molecule has 0 fully saturated rings. The summed E-state index contributed by atoms with van der Waals surface area (Å²) in [5.41, 5.74) is -3.31. The molecular weight excluding hydrogens is 290 g/mol. The van der Waals surface area contributed by atoms with E-state index >= 15 is 0 Å². The van der Waals surface area contributed by atoms with E-state index in [0.29, 0.717) is 0 Å². The first-order valence-corrected chi connectivity index (χ1v) is 5.07. The minimum Gasteiger partial charge on any atom is -0.740 e. The Bertz CT molecular complexity index is 435. The lowest BCUT2D eigenvalue weighted by atomic mass is 10.1. The normalized spacial score (nSPS) is 14.4. The topological polar surface area (TPSA) is 49.4 Å². The molecule has 10 heteroatoms. The van der Waals surface area contributed by atoms with Gasteiger partial charge in [-0.3, -0.25) is 0 Å². The van der Waals surface area contributed by atoms with Gasteiger partial charge in [0.25, 0.3) is 0 Å². The summed E-state index contributed by atoms with van der Waals surface area (Å²) in [7, 11) is 0. The molecule has 0 amide bonds. The molecule has 102 valence electrons. The van der Waals surface area contributed by atoms with Crippen molar-refractivity contribution in [2.75, 3.05) is 0 Å². The van der Waals surface area contributed by atoms with Crippen LogP contribution in [0.2, 0.25) is 0 Å². The summed E-state index contributed by atoms with van der Waals surface area (Å²) >= 11 is -3.27. The van der Waals surface area contributed by atoms with E-state index in [0.717, 1.165) is 0 Å². The molecule has 1 aromatic rings. The third-order valence-corrected chi connectivity index (χ3v) is 2.05. The predicted octanol–water partition coefficient (Wildman–Crippen LogP) is 2.90. The predicted molar refractivity (Wildman–Crippen MR) is 46.0 cm³/mol. The third kappa shape index (κ3) is 3.88. The van der Waals surface area contributed by atoms with Gasteiger partial charge < -0.3 is 8.74 Å². The van der Waals surface area contributed by atoms with Crippen molar-refractivity contribution in [2.24, 2.45) is 0 Å². The van der Waals surface area contributed by atoms with Gasteiger partial charge in [0.1, 0.15) is 17.1 Å². The standard InChI is InChI=1S/C8H4F6O3S/c9-7(10,11)4-1-5(8(12,13)14)3-6(2-4)17-18(15)16/h1-3H,(H,15,16)/p-1. The minimum absolute atomic E-state index is 0.138. The van der Waals surface area contributed by atoms with Crippen LogP contribution >= 0.6 is 0 Å². The van der Waals surface area contributed by atoms with E-state index in [-0.39, 0.29) is 18.2 Å². The highest BCUT2D eigenvalue weighted by Crippen LogP contribution is 2.38. The zero-order valence-electron chi connectivity index (χ0n) is 8.13. The van der Waals surface area contributed by atoms with Gasteiger partial charge >= 0.3 is 12.4 Å². The first-order chi connectivity index (χ1) is 8.00. The second kappa shape index (κ2) is 4.76. The molecule has 0 aliphatic heterocycles. The molecule has 1 unspecified atom stereocenters. The first-order valence-electron chi connectivity index (χ1n) is 4.07. The summed E-state index contributed by atoms with van der Waals surface area (Å²) < 4.78 is 97.8. The lowest BCUT2D eigenvalue weighted by Gasteiger charge is -2.14. The maximum Gasteiger partial charge on any atom is 0.416 e. The first kappa shape index (κ1) is 14.8. The Morgan fingerprint density at radius 1 is 0.944 bits per heavy atom. The maximum absolute atomic E-state index is 12.3. The molecule has 1 atom stereocenters. The summed E-state index contributed by atoms with van der Waals surface area (Å²) in [6.07, 6.45) is -10.1. The molecule has 0 spiro atoms. The lowest BCUT2D eigenvalue weighted by Crippen LogP contribution is -2.11. The van der Waals surface area contributed by atoms with E-state index in [1.807, 2.05) is 0 Å². The molecule has 3 nitrogen and oxygen atoms in total. The highest BCUT2D eigenvalue weighted by molar-refractivity contribution is 7.74. The van der Waals surface area contributed by atoms with Crippen LogP contribution in [-0.4, -0.2) is 8.76 Å². The Morgan fingerprint density at radius 3 is 1.61 bits per heavy atom. The molecule has 0 aliphatic carbocycles.